The normalized spacial score (nSPS) is 12.8. The number of hydrogen-bond acceptors (Lipinski definition) is 4. The first-order chi connectivity index (χ1) is 25.9. The van der Waals surface area contributed by atoms with Crippen LogP contribution in [0.4, 0.5) is 0 Å². The molecule has 0 aliphatic rings. The zero-order chi connectivity index (χ0) is 38.0. The van der Waals surface area contributed by atoms with Crippen molar-refractivity contribution in [3.05, 3.63) is 173 Å². The van der Waals surface area contributed by atoms with Gasteiger partial charge in [0.05, 0.1) is 5.58 Å². The zero-order valence-electron chi connectivity index (χ0n) is 32.9. The first-order valence-corrected chi connectivity index (χ1v) is 16.1. The summed E-state index contributed by atoms with van der Waals surface area (Å²) in [6.07, 6.45) is 2.23. The van der Waals surface area contributed by atoms with E-state index in [1.807, 2.05) is 42.6 Å². The minimum absolute atomic E-state index is 0. The van der Waals surface area contributed by atoms with Crippen molar-refractivity contribution in [2.75, 3.05) is 0 Å². The van der Waals surface area contributed by atoms with Gasteiger partial charge in [0.2, 0.25) is 5.71 Å². The van der Waals surface area contributed by atoms with Crippen molar-refractivity contribution in [3.8, 4) is 33.6 Å². The number of furan rings is 1. The molecule has 8 aromatic rings. The number of rotatable bonds is 6. The maximum Gasteiger partial charge on any atom is 0.216 e. The van der Waals surface area contributed by atoms with Gasteiger partial charge in [-0.05, 0) is 79.8 Å². The molecule has 4 heterocycles. The van der Waals surface area contributed by atoms with E-state index in [2.05, 4.69) is 90.3 Å². The molecule has 4 nitrogen and oxygen atoms in total. The van der Waals surface area contributed by atoms with Crippen molar-refractivity contribution in [1.82, 2.24) is 15.0 Å². The average molecular weight is 833 g/mol. The summed E-state index contributed by atoms with van der Waals surface area (Å²) in [5.74, 6) is 0. The molecular formula is C45H37IrN3O-2. The number of aryl methyl sites for hydroxylation is 6. The molecule has 0 saturated heterocycles. The monoisotopic (exact) mass is 833 g/mol. The van der Waals surface area contributed by atoms with Crippen LogP contribution < -0.4 is 0 Å². The Balaban J connectivity index is 0.000000202. The van der Waals surface area contributed by atoms with Gasteiger partial charge in [0, 0.05) is 50.4 Å². The van der Waals surface area contributed by atoms with E-state index in [1.165, 1.54) is 33.9 Å². The van der Waals surface area contributed by atoms with Crippen LogP contribution in [-0.2, 0) is 32.9 Å². The predicted octanol–water partition coefficient (Wildman–Crippen LogP) is 11.1. The summed E-state index contributed by atoms with van der Waals surface area (Å²) in [5.41, 5.74) is 11.6. The molecule has 4 aromatic carbocycles. The second kappa shape index (κ2) is 15.6. The molecule has 8 rings (SSSR count). The van der Waals surface area contributed by atoms with Crippen molar-refractivity contribution >= 4 is 22.1 Å². The van der Waals surface area contributed by atoms with Crippen LogP contribution in [0.25, 0.3) is 55.7 Å². The molecule has 0 bridgehead atoms. The summed E-state index contributed by atoms with van der Waals surface area (Å²) in [7, 11) is 0. The number of hydrogen-bond donors (Lipinski definition) is 0. The molecule has 1 radical (unpaired) electrons. The average Bonchev–Trinajstić information content (AvgIpc) is 3.55. The van der Waals surface area contributed by atoms with E-state index in [-0.39, 0.29) is 37.9 Å². The standard InChI is InChI=1S/C25H19N2O.C20H18N.Ir/c1-17-10-13-21-20-8-5-9-22(24(20)28-25(21)27-17)23-16-19(14-15-26-23)12-11-18-6-3-2-4-7-18;1-14-9-10-18(20-11-15(2)16(3)13-21-20)12-19(14)17-7-5-4-6-8-17;/h2-8,10,13-16H,11-12H2,1H3;4-9,11-13H,1-3H3;/q2*-1;/i1D3,11D2;;. The summed E-state index contributed by atoms with van der Waals surface area (Å²) in [6, 6.07) is 42.9. The third-order valence-corrected chi connectivity index (χ3v) is 8.54. The molecular weight excluding hydrogens is 791 g/mol. The van der Waals surface area contributed by atoms with Crippen LogP contribution in [0.5, 0.6) is 0 Å². The van der Waals surface area contributed by atoms with E-state index in [0.717, 1.165) is 22.2 Å². The van der Waals surface area contributed by atoms with Gasteiger partial charge >= 0.3 is 0 Å². The molecule has 0 aliphatic carbocycles. The molecule has 0 aliphatic heterocycles. The molecule has 0 atom stereocenters. The van der Waals surface area contributed by atoms with Crippen LogP contribution in [-0.4, -0.2) is 15.0 Å². The van der Waals surface area contributed by atoms with Gasteiger partial charge in [-0.3, -0.25) is 0 Å². The summed E-state index contributed by atoms with van der Waals surface area (Å²) in [6.45, 7) is 4.00. The number of aromatic nitrogens is 3. The SMILES string of the molecule is Cc1cnc(-c2[c-]cc(C)c(-c3ccccc3)c2)cc1C.[2H]C([2H])([2H])c1ccc2c(n1)oc1c(-c3cc(CC([2H])([2H])c4ccccc4)ccn3)[c-]ccc12.[Ir]. The van der Waals surface area contributed by atoms with Gasteiger partial charge in [-0.1, -0.05) is 107 Å². The minimum Gasteiger partial charge on any atom is -0.486 e. The van der Waals surface area contributed by atoms with Gasteiger partial charge in [-0.2, -0.15) is 0 Å². The van der Waals surface area contributed by atoms with Crippen molar-refractivity contribution in [2.45, 2.75) is 40.4 Å². The Morgan fingerprint density at radius 2 is 1.54 bits per heavy atom. The van der Waals surface area contributed by atoms with Crippen LogP contribution in [0, 0.1) is 39.8 Å². The molecule has 249 valence electrons. The Hall–Kier alpha value is -5.22. The summed E-state index contributed by atoms with van der Waals surface area (Å²) < 4.78 is 45.8. The third-order valence-electron chi connectivity index (χ3n) is 8.54. The summed E-state index contributed by atoms with van der Waals surface area (Å²) >= 11 is 0. The Kier molecular flexibility index (Phi) is 8.90. The Morgan fingerprint density at radius 3 is 2.32 bits per heavy atom. The molecule has 0 unspecified atom stereocenters. The number of pyridine rings is 3. The van der Waals surface area contributed by atoms with E-state index in [4.69, 9.17) is 11.3 Å². The topological polar surface area (TPSA) is 51.8 Å². The van der Waals surface area contributed by atoms with Crippen LogP contribution >= 0.6 is 0 Å². The fraction of sp³-hybridized carbons (Fsp3) is 0.133. The van der Waals surface area contributed by atoms with Gasteiger partial charge in [-0.25, -0.2) is 4.98 Å². The van der Waals surface area contributed by atoms with Crippen LogP contribution in [0.15, 0.2) is 132 Å². The molecule has 0 spiro atoms. The van der Waals surface area contributed by atoms with Gasteiger partial charge in [-0.15, -0.1) is 47.5 Å². The van der Waals surface area contributed by atoms with E-state index in [1.54, 1.807) is 36.5 Å². The molecule has 4 aromatic heterocycles. The van der Waals surface area contributed by atoms with Crippen LogP contribution in [0.2, 0.25) is 0 Å². The predicted molar refractivity (Wildman–Crippen MR) is 200 cm³/mol. The number of benzene rings is 4. The molecule has 0 N–H and O–H groups in total. The molecule has 0 saturated carbocycles. The summed E-state index contributed by atoms with van der Waals surface area (Å²) in [4.78, 5) is 13.2. The smallest absolute Gasteiger partial charge is 0.216 e. The largest absolute Gasteiger partial charge is 0.486 e. The summed E-state index contributed by atoms with van der Waals surface area (Å²) in [5, 5.41) is 1.50. The first-order valence-electron chi connectivity index (χ1n) is 18.6. The first kappa shape index (κ1) is 28.6. The second-order valence-electron chi connectivity index (χ2n) is 12.0. The maximum absolute atomic E-state index is 8.52. The van der Waals surface area contributed by atoms with E-state index in [0.29, 0.717) is 27.8 Å². The van der Waals surface area contributed by atoms with E-state index in [9.17, 15) is 0 Å². The second-order valence-corrected chi connectivity index (χ2v) is 12.0. The van der Waals surface area contributed by atoms with E-state index < -0.39 is 13.2 Å². The van der Waals surface area contributed by atoms with Crippen LogP contribution in [0.1, 0.15) is 40.4 Å². The fourth-order valence-electron chi connectivity index (χ4n) is 5.71. The van der Waals surface area contributed by atoms with Gasteiger partial charge in [0.15, 0.2) is 0 Å². The van der Waals surface area contributed by atoms with Crippen LogP contribution in [0.3, 0.4) is 0 Å². The van der Waals surface area contributed by atoms with Crippen molar-refractivity contribution in [2.24, 2.45) is 0 Å². The molecule has 5 heteroatoms. The van der Waals surface area contributed by atoms with Gasteiger partial charge < -0.3 is 14.4 Å². The third kappa shape index (κ3) is 7.65. The van der Waals surface area contributed by atoms with Crippen molar-refractivity contribution < 1.29 is 31.4 Å². The molecule has 0 amide bonds. The minimum atomic E-state index is -2.32. The van der Waals surface area contributed by atoms with Crippen molar-refractivity contribution in [1.29, 1.82) is 0 Å². The Morgan fingerprint density at radius 1 is 0.740 bits per heavy atom. The Labute approximate surface area is 314 Å². The van der Waals surface area contributed by atoms with Gasteiger partial charge in [0.25, 0.3) is 0 Å². The fourth-order valence-corrected chi connectivity index (χ4v) is 5.71. The Bertz CT molecular complexity index is 2590. The molecule has 50 heavy (non-hydrogen) atoms. The number of nitrogens with zero attached hydrogens (tertiary/aromatic N) is 3. The molecule has 0 fully saturated rings. The van der Waals surface area contributed by atoms with Crippen molar-refractivity contribution in [3.63, 3.8) is 0 Å². The quantitative estimate of drug-likeness (QED) is 0.157. The maximum atomic E-state index is 8.52. The zero-order valence-corrected chi connectivity index (χ0v) is 30.3. The van der Waals surface area contributed by atoms with E-state index >= 15 is 0 Å². The number of fused-ring (bicyclic) bond motifs is 3. The van der Waals surface area contributed by atoms with Gasteiger partial charge in [0.1, 0.15) is 0 Å².